The van der Waals surface area contributed by atoms with Crippen LogP contribution in [0.15, 0.2) is 0 Å². The van der Waals surface area contributed by atoms with Gasteiger partial charge in [0.15, 0.2) is 0 Å². The summed E-state index contributed by atoms with van der Waals surface area (Å²) >= 11 is 0. The van der Waals surface area contributed by atoms with Crippen molar-refractivity contribution in [2.24, 2.45) is 11.5 Å². The molecule has 1 aliphatic carbocycles. The fourth-order valence-corrected chi connectivity index (χ4v) is 2.53. The summed E-state index contributed by atoms with van der Waals surface area (Å²) in [6.45, 7) is 0. The lowest BCUT2D eigenvalue weighted by atomic mass is 9.88. The maximum absolute atomic E-state index is 10.7. The summed E-state index contributed by atoms with van der Waals surface area (Å²) in [7, 11) is 0. The molecule has 5 heteroatoms. The van der Waals surface area contributed by atoms with E-state index in [-0.39, 0.29) is 0 Å². The average molecular weight is 185 g/mol. The number of nitrogens with two attached hydrogens (primary N) is 2. The molecule has 3 atom stereocenters. The Morgan fingerprint density at radius 1 is 1.46 bits per heavy atom. The maximum Gasteiger partial charge on any atom is 0.320 e. The van der Waals surface area contributed by atoms with Crippen LogP contribution in [0.3, 0.4) is 0 Å². The first-order valence-electron chi connectivity index (χ1n) is 4.55. The molecule has 0 spiro atoms. The SMILES string of the molecule is N[C@@]12CCC[C@]1(N)N[C@H](C(=O)O)C2. The Kier molecular flexibility index (Phi) is 1.67. The van der Waals surface area contributed by atoms with Crippen LogP contribution in [0.5, 0.6) is 0 Å². The lowest BCUT2D eigenvalue weighted by Gasteiger charge is -2.33. The highest BCUT2D eigenvalue weighted by atomic mass is 16.4. The summed E-state index contributed by atoms with van der Waals surface area (Å²) in [5.74, 6) is -0.857. The lowest BCUT2D eigenvalue weighted by molar-refractivity contribution is -0.139. The molecule has 0 aromatic heterocycles. The van der Waals surface area contributed by atoms with Gasteiger partial charge in [0.05, 0.1) is 5.66 Å². The predicted octanol–water partition coefficient (Wildman–Crippen LogP) is -1.03. The molecule has 1 aliphatic heterocycles. The first-order chi connectivity index (χ1) is 5.97. The van der Waals surface area contributed by atoms with Crippen molar-refractivity contribution < 1.29 is 9.90 Å². The predicted molar refractivity (Wildman–Crippen MR) is 46.9 cm³/mol. The first kappa shape index (κ1) is 8.93. The van der Waals surface area contributed by atoms with Crippen LogP contribution in [-0.2, 0) is 4.79 Å². The molecular weight excluding hydrogens is 170 g/mol. The van der Waals surface area contributed by atoms with Crippen molar-refractivity contribution in [1.82, 2.24) is 5.32 Å². The second-order valence-electron chi connectivity index (χ2n) is 4.22. The van der Waals surface area contributed by atoms with Crippen LogP contribution in [-0.4, -0.2) is 28.3 Å². The molecule has 1 saturated heterocycles. The van der Waals surface area contributed by atoms with Crippen LogP contribution in [0.4, 0.5) is 0 Å². The summed E-state index contributed by atoms with van der Waals surface area (Å²) in [6.07, 6.45) is 3.01. The van der Waals surface area contributed by atoms with Gasteiger partial charge in [-0.1, -0.05) is 0 Å². The molecule has 1 heterocycles. The third-order valence-electron chi connectivity index (χ3n) is 3.38. The van der Waals surface area contributed by atoms with Crippen LogP contribution in [0, 0.1) is 0 Å². The topological polar surface area (TPSA) is 101 Å². The highest BCUT2D eigenvalue weighted by molar-refractivity contribution is 5.74. The summed E-state index contributed by atoms with van der Waals surface area (Å²) in [4.78, 5) is 10.7. The quantitative estimate of drug-likeness (QED) is 0.418. The highest BCUT2D eigenvalue weighted by Gasteiger charge is 2.57. The molecular formula is C8H15N3O2. The van der Waals surface area contributed by atoms with E-state index in [1.165, 1.54) is 0 Å². The molecule has 0 aromatic carbocycles. The normalized spacial score (nSPS) is 49.2. The van der Waals surface area contributed by atoms with Gasteiger partial charge in [-0.3, -0.25) is 10.1 Å². The number of aliphatic carboxylic acids is 1. The van der Waals surface area contributed by atoms with Crippen molar-refractivity contribution >= 4 is 5.97 Å². The molecule has 1 saturated carbocycles. The van der Waals surface area contributed by atoms with Gasteiger partial charge in [0.2, 0.25) is 0 Å². The molecule has 0 aromatic rings. The fourth-order valence-electron chi connectivity index (χ4n) is 2.53. The van der Waals surface area contributed by atoms with Crippen LogP contribution in [0.1, 0.15) is 25.7 Å². The standard InChI is InChI=1S/C8H15N3O2/c9-7-2-1-3-8(7,10)11-5(4-7)6(12)13/h5,11H,1-4,9-10H2,(H,12,13)/t5-,7+,8-/m0/s1. The van der Waals surface area contributed by atoms with Crippen molar-refractivity contribution in [2.45, 2.75) is 42.9 Å². The van der Waals surface area contributed by atoms with Crippen LogP contribution in [0.2, 0.25) is 0 Å². The van der Waals surface area contributed by atoms with E-state index >= 15 is 0 Å². The molecule has 2 rings (SSSR count). The van der Waals surface area contributed by atoms with Crippen molar-refractivity contribution in [2.75, 3.05) is 0 Å². The molecule has 0 unspecified atom stereocenters. The average Bonchev–Trinajstić information content (AvgIpc) is 2.38. The van der Waals surface area contributed by atoms with E-state index in [4.69, 9.17) is 16.6 Å². The second kappa shape index (κ2) is 2.43. The Hall–Kier alpha value is -0.650. The monoisotopic (exact) mass is 185 g/mol. The molecule has 2 aliphatic rings. The first-order valence-corrected chi connectivity index (χ1v) is 4.55. The van der Waals surface area contributed by atoms with Gasteiger partial charge in [-0.25, -0.2) is 0 Å². The minimum atomic E-state index is -0.857. The van der Waals surface area contributed by atoms with Gasteiger partial charge in [-0.2, -0.15) is 0 Å². The van der Waals surface area contributed by atoms with E-state index in [1.807, 2.05) is 0 Å². The van der Waals surface area contributed by atoms with E-state index in [1.54, 1.807) is 0 Å². The van der Waals surface area contributed by atoms with Gasteiger partial charge in [0.25, 0.3) is 0 Å². The highest BCUT2D eigenvalue weighted by Crippen LogP contribution is 2.41. The van der Waals surface area contributed by atoms with Crippen molar-refractivity contribution in [3.8, 4) is 0 Å². The number of carboxylic acid groups (broad SMARTS) is 1. The Bertz CT molecular complexity index is 240. The van der Waals surface area contributed by atoms with Crippen LogP contribution in [0.25, 0.3) is 0 Å². The number of nitrogens with one attached hydrogen (secondary N) is 1. The van der Waals surface area contributed by atoms with Gasteiger partial charge >= 0.3 is 5.97 Å². The summed E-state index contributed by atoms with van der Waals surface area (Å²) in [5.41, 5.74) is 10.9. The molecule has 0 amide bonds. The number of fused-ring (bicyclic) bond motifs is 1. The third-order valence-corrected chi connectivity index (χ3v) is 3.38. The molecule has 13 heavy (non-hydrogen) atoms. The smallest absolute Gasteiger partial charge is 0.320 e. The maximum atomic E-state index is 10.7. The van der Waals surface area contributed by atoms with Crippen molar-refractivity contribution in [3.63, 3.8) is 0 Å². The number of carbonyl (C=O) groups is 1. The fraction of sp³-hybridized carbons (Fsp3) is 0.875. The van der Waals surface area contributed by atoms with E-state index in [0.717, 1.165) is 19.3 Å². The molecule has 5 nitrogen and oxygen atoms in total. The zero-order valence-corrected chi connectivity index (χ0v) is 7.42. The van der Waals surface area contributed by atoms with E-state index in [2.05, 4.69) is 5.32 Å². The Morgan fingerprint density at radius 2 is 2.15 bits per heavy atom. The van der Waals surface area contributed by atoms with E-state index < -0.39 is 23.2 Å². The summed E-state index contributed by atoms with van der Waals surface area (Å²) in [6, 6.07) is -0.574. The van der Waals surface area contributed by atoms with Crippen molar-refractivity contribution in [1.29, 1.82) is 0 Å². The second-order valence-corrected chi connectivity index (χ2v) is 4.22. The van der Waals surface area contributed by atoms with Crippen LogP contribution < -0.4 is 16.8 Å². The zero-order chi connectivity index (χ0) is 9.69. The van der Waals surface area contributed by atoms with Gasteiger partial charge in [-0.15, -0.1) is 0 Å². The van der Waals surface area contributed by atoms with Crippen LogP contribution >= 0.6 is 0 Å². The van der Waals surface area contributed by atoms with Gasteiger partial charge in [0.1, 0.15) is 6.04 Å². The largest absolute Gasteiger partial charge is 0.480 e. The van der Waals surface area contributed by atoms with Gasteiger partial charge in [-0.05, 0) is 25.7 Å². The lowest BCUT2D eigenvalue weighted by Crippen LogP contribution is -2.64. The third kappa shape index (κ3) is 1.08. The Labute approximate surface area is 76.5 Å². The van der Waals surface area contributed by atoms with E-state index in [0.29, 0.717) is 6.42 Å². The molecule has 2 fully saturated rings. The number of carboxylic acids is 1. The Morgan fingerprint density at radius 3 is 2.69 bits per heavy atom. The number of hydrogen-bond acceptors (Lipinski definition) is 4. The zero-order valence-electron chi connectivity index (χ0n) is 7.42. The van der Waals surface area contributed by atoms with E-state index in [9.17, 15) is 4.79 Å². The minimum absolute atomic E-state index is 0.443. The Balaban J connectivity index is 2.23. The molecule has 74 valence electrons. The molecule has 6 N–H and O–H groups in total. The molecule has 0 radical (unpaired) electrons. The summed E-state index contributed by atoms with van der Waals surface area (Å²) < 4.78 is 0. The summed E-state index contributed by atoms with van der Waals surface area (Å²) in [5, 5.41) is 11.7. The number of hydrogen-bond donors (Lipinski definition) is 4. The molecule has 0 bridgehead atoms. The van der Waals surface area contributed by atoms with Gasteiger partial charge < -0.3 is 16.6 Å². The minimum Gasteiger partial charge on any atom is -0.480 e. The van der Waals surface area contributed by atoms with Crippen molar-refractivity contribution in [3.05, 3.63) is 0 Å². The number of rotatable bonds is 1. The van der Waals surface area contributed by atoms with Gasteiger partial charge in [0, 0.05) is 5.54 Å².